The van der Waals surface area contributed by atoms with Crippen molar-refractivity contribution in [2.24, 2.45) is 0 Å². The molecule has 0 radical (unpaired) electrons. The smallest absolute Gasteiger partial charge is 0.340 e. The number of nitrogens with one attached hydrogen (secondary N) is 2. The Balaban J connectivity index is 2.02. The number of carbonyl (C=O) groups excluding carboxylic acids is 3. The Morgan fingerprint density at radius 1 is 1.03 bits per heavy atom. The third-order valence-electron chi connectivity index (χ3n) is 4.49. The number of H-pyrrole nitrogens is 1. The second-order valence-electron chi connectivity index (χ2n) is 6.48. The van der Waals surface area contributed by atoms with Crippen molar-refractivity contribution in [3.8, 4) is 16.9 Å². The van der Waals surface area contributed by atoms with Gasteiger partial charge in [-0.2, -0.15) is 0 Å². The van der Waals surface area contributed by atoms with Crippen LogP contribution in [0.4, 0.5) is 5.69 Å². The van der Waals surface area contributed by atoms with Gasteiger partial charge in [0, 0.05) is 23.0 Å². The lowest BCUT2D eigenvalue weighted by Gasteiger charge is -2.09. The summed E-state index contributed by atoms with van der Waals surface area (Å²) in [4.78, 5) is 41.2. The Hall–Kier alpha value is -3.87. The van der Waals surface area contributed by atoms with Crippen molar-refractivity contribution in [1.29, 1.82) is 0 Å². The molecular formula is C23H22N2O5. The van der Waals surface area contributed by atoms with Gasteiger partial charge in [-0.05, 0) is 31.5 Å². The molecule has 2 aromatic carbocycles. The SMILES string of the molecule is CCOC(=O)c1c(C)[nH]c(C(=O)C(=O)Nc2cccc(OC)c2)c1-c1ccccc1. The van der Waals surface area contributed by atoms with Gasteiger partial charge in [0.05, 0.1) is 19.3 Å². The lowest BCUT2D eigenvalue weighted by molar-refractivity contribution is -0.112. The molecule has 0 saturated carbocycles. The monoisotopic (exact) mass is 406 g/mol. The summed E-state index contributed by atoms with van der Waals surface area (Å²) in [5.74, 6) is -1.64. The third-order valence-corrected chi connectivity index (χ3v) is 4.49. The van der Waals surface area contributed by atoms with Gasteiger partial charge < -0.3 is 19.8 Å². The van der Waals surface area contributed by atoms with E-state index in [1.807, 2.05) is 6.07 Å². The maximum Gasteiger partial charge on any atom is 0.340 e. The summed E-state index contributed by atoms with van der Waals surface area (Å²) in [5, 5.41) is 2.57. The topological polar surface area (TPSA) is 97.5 Å². The van der Waals surface area contributed by atoms with Gasteiger partial charge in [0.25, 0.3) is 11.7 Å². The molecule has 0 spiro atoms. The van der Waals surface area contributed by atoms with Gasteiger partial charge in [-0.3, -0.25) is 9.59 Å². The van der Waals surface area contributed by atoms with Gasteiger partial charge in [0.1, 0.15) is 11.4 Å². The number of benzene rings is 2. The molecule has 3 rings (SSSR count). The first-order chi connectivity index (χ1) is 14.5. The highest BCUT2D eigenvalue weighted by molar-refractivity contribution is 6.47. The third kappa shape index (κ3) is 4.25. The van der Waals surface area contributed by atoms with E-state index in [0.29, 0.717) is 28.3 Å². The molecule has 0 fully saturated rings. The second-order valence-corrected chi connectivity index (χ2v) is 6.48. The van der Waals surface area contributed by atoms with Crippen molar-refractivity contribution in [3.05, 3.63) is 71.5 Å². The first-order valence-electron chi connectivity index (χ1n) is 9.41. The highest BCUT2D eigenvalue weighted by Crippen LogP contribution is 2.31. The van der Waals surface area contributed by atoms with Gasteiger partial charge in [0.15, 0.2) is 0 Å². The number of ether oxygens (including phenoxy) is 2. The number of esters is 1. The van der Waals surface area contributed by atoms with Crippen LogP contribution in [0, 0.1) is 6.92 Å². The minimum absolute atomic E-state index is 0.0298. The number of methoxy groups -OCH3 is 1. The molecule has 0 atom stereocenters. The van der Waals surface area contributed by atoms with Crippen LogP contribution < -0.4 is 10.1 Å². The van der Waals surface area contributed by atoms with E-state index >= 15 is 0 Å². The summed E-state index contributed by atoms with van der Waals surface area (Å²) < 4.78 is 10.3. The largest absolute Gasteiger partial charge is 0.497 e. The maximum atomic E-state index is 13.0. The van der Waals surface area contributed by atoms with Crippen LogP contribution in [0.3, 0.4) is 0 Å². The Kier molecular flexibility index (Phi) is 6.32. The van der Waals surface area contributed by atoms with E-state index in [2.05, 4.69) is 10.3 Å². The van der Waals surface area contributed by atoms with Crippen molar-refractivity contribution in [1.82, 2.24) is 4.98 Å². The molecule has 1 amide bonds. The van der Waals surface area contributed by atoms with Crippen LogP contribution in [0.1, 0.15) is 33.5 Å². The van der Waals surface area contributed by atoms with Crippen LogP contribution in [-0.4, -0.2) is 36.4 Å². The van der Waals surface area contributed by atoms with Crippen LogP contribution in [0.15, 0.2) is 54.6 Å². The molecule has 0 bridgehead atoms. The van der Waals surface area contributed by atoms with E-state index in [1.54, 1.807) is 62.4 Å². The molecule has 1 aromatic heterocycles. The van der Waals surface area contributed by atoms with Crippen molar-refractivity contribution >= 4 is 23.3 Å². The number of Topliss-reactive ketones (excluding diaryl/α,β-unsaturated/α-hetero) is 1. The van der Waals surface area contributed by atoms with Crippen LogP contribution >= 0.6 is 0 Å². The highest BCUT2D eigenvalue weighted by atomic mass is 16.5. The molecule has 0 aliphatic rings. The Morgan fingerprint density at radius 2 is 1.77 bits per heavy atom. The van der Waals surface area contributed by atoms with Gasteiger partial charge >= 0.3 is 5.97 Å². The van der Waals surface area contributed by atoms with E-state index in [9.17, 15) is 14.4 Å². The fourth-order valence-electron chi connectivity index (χ4n) is 3.15. The summed E-state index contributed by atoms with van der Waals surface area (Å²) >= 11 is 0. The normalized spacial score (nSPS) is 10.4. The van der Waals surface area contributed by atoms with E-state index in [4.69, 9.17) is 9.47 Å². The van der Waals surface area contributed by atoms with E-state index in [0.717, 1.165) is 0 Å². The molecule has 1 heterocycles. The van der Waals surface area contributed by atoms with Crippen LogP contribution in [0.5, 0.6) is 5.75 Å². The highest BCUT2D eigenvalue weighted by Gasteiger charge is 2.29. The zero-order chi connectivity index (χ0) is 21.7. The number of ketones is 1. The molecule has 0 aliphatic carbocycles. The van der Waals surface area contributed by atoms with Crippen molar-refractivity contribution in [2.45, 2.75) is 13.8 Å². The average molecular weight is 406 g/mol. The number of aromatic amines is 1. The average Bonchev–Trinajstić information content (AvgIpc) is 3.11. The van der Waals surface area contributed by atoms with Crippen molar-refractivity contribution in [2.75, 3.05) is 19.0 Å². The van der Waals surface area contributed by atoms with E-state index in [-0.39, 0.29) is 17.9 Å². The summed E-state index contributed by atoms with van der Waals surface area (Å²) in [6, 6.07) is 15.6. The van der Waals surface area contributed by atoms with Gasteiger partial charge in [-0.1, -0.05) is 36.4 Å². The number of amides is 1. The molecule has 7 heteroatoms. The summed E-state index contributed by atoms with van der Waals surface area (Å²) in [6.07, 6.45) is 0. The fraction of sp³-hybridized carbons (Fsp3) is 0.174. The predicted octanol–water partition coefficient (Wildman–Crippen LogP) is 4.00. The quantitative estimate of drug-likeness (QED) is 0.351. The standard InChI is InChI=1S/C23H22N2O5/c1-4-30-23(28)18-14(2)24-20(19(18)15-9-6-5-7-10-15)21(26)22(27)25-16-11-8-12-17(13-16)29-3/h5-13,24H,4H2,1-3H3,(H,25,27). The van der Waals surface area contributed by atoms with Gasteiger partial charge in [-0.15, -0.1) is 0 Å². The van der Waals surface area contributed by atoms with E-state index in [1.165, 1.54) is 7.11 Å². The molecule has 0 unspecified atom stereocenters. The lowest BCUT2D eigenvalue weighted by Crippen LogP contribution is -2.24. The minimum Gasteiger partial charge on any atom is -0.497 e. The molecule has 7 nitrogen and oxygen atoms in total. The van der Waals surface area contributed by atoms with Gasteiger partial charge in [-0.25, -0.2) is 4.79 Å². The van der Waals surface area contributed by atoms with Crippen LogP contribution in [-0.2, 0) is 9.53 Å². The Bertz CT molecular complexity index is 1090. The minimum atomic E-state index is -0.836. The number of aryl methyl sites for hydroxylation is 1. The second kappa shape index (κ2) is 9.09. The first kappa shape index (κ1) is 20.9. The zero-order valence-electron chi connectivity index (χ0n) is 16.9. The first-order valence-corrected chi connectivity index (χ1v) is 9.41. The number of carbonyl (C=O) groups is 3. The molecule has 154 valence electrons. The molecule has 0 aliphatic heterocycles. The molecule has 2 N–H and O–H groups in total. The van der Waals surface area contributed by atoms with Crippen LogP contribution in [0.25, 0.3) is 11.1 Å². The van der Waals surface area contributed by atoms with E-state index < -0.39 is 17.7 Å². The number of hydrogen-bond acceptors (Lipinski definition) is 5. The fourth-order valence-corrected chi connectivity index (χ4v) is 3.15. The molecule has 30 heavy (non-hydrogen) atoms. The van der Waals surface area contributed by atoms with Gasteiger partial charge in [0.2, 0.25) is 0 Å². The molecule has 0 saturated heterocycles. The van der Waals surface area contributed by atoms with Crippen molar-refractivity contribution in [3.63, 3.8) is 0 Å². The number of aromatic nitrogens is 1. The number of rotatable bonds is 7. The summed E-state index contributed by atoms with van der Waals surface area (Å²) in [7, 11) is 1.51. The maximum absolute atomic E-state index is 13.0. The predicted molar refractivity (Wildman–Crippen MR) is 113 cm³/mol. The van der Waals surface area contributed by atoms with Crippen molar-refractivity contribution < 1.29 is 23.9 Å². The molecular weight excluding hydrogens is 384 g/mol. The Labute approximate surface area is 174 Å². The zero-order valence-corrected chi connectivity index (χ0v) is 16.9. The molecule has 3 aromatic rings. The number of anilines is 1. The summed E-state index contributed by atoms with van der Waals surface area (Å²) in [6.45, 7) is 3.56. The summed E-state index contributed by atoms with van der Waals surface area (Å²) in [5.41, 5.74) is 2.11. The Morgan fingerprint density at radius 3 is 2.43 bits per heavy atom. The van der Waals surface area contributed by atoms with Crippen LogP contribution in [0.2, 0.25) is 0 Å². The lowest BCUT2D eigenvalue weighted by atomic mass is 9.98. The number of hydrogen-bond donors (Lipinski definition) is 2.